The van der Waals surface area contributed by atoms with Crippen LogP contribution < -0.4 is 0 Å². The first kappa shape index (κ1) is 8.59. The van der Waals surface area contributed by atoms with Gasteiger partial charge in [-0.25, -0.2) is 0 Å². The first-order valence-corrected chi connectivity index (χ1v) is 3.75. The number of aromatic hydroxyl groups is 1. The van der Waals surface area contributed by atoms with E-state index >= 15 is 0 Å². The fourth-order valence-corrected chi connectivity index (χ4v) is 1.03. The van der Waals surface area contributed by atoms with Gasteiger partial charge in [-0.1, -0.05) is 12.2 Å². The molecule has 0 aliphatic carbocycles. The van der Waals surface area contributed by atoms with Gasteiger partial charge in [-0.3, -0.25) is 4.68 Å². The first-order chi connectivity index (χ1) is 5.79. The summed E-state index contributed by atoms with van der Waals surface area (Å²) in [5.41, 5.74) is 0.782. The van der Waals surface area contributed by atoms with Gasteiger partial charge in [0.25, 0.3) is 0 Å². The van der Waals surface area contributed by atoms with Crippen LogP contribution in [0.1, 0.15) is 5.69 Å². The molecule has 64 valence electrons. The normalized spacial score (nSPS) is 9.67. The van der Waals surface area contributed by atoms with Gasteiger partial charge in [0.1, 0.15) is 0 Å². The maximum atomic E-state index is 9.32. The van der Waals surface area contributed by atoms with E-state index in [1.165, 1.54) is 6.20 Å². The molecule has 0 aromatic carbocycles. The molecule has 3 heteroatoms. The molecule has 0 aliphatic rings. The molecule has 1 aromatic heterocycles. The van der Waals surface area contributed by atoms with Crippen LogP contribution in [-0.4, -0.2) is 14.9 Å². The zero-order valence-corrected chi connectivity index (χ0v) is 6.90. The Hall–Kier alpha value is -1.51. The lowest BCUT2D eigenvalue weighted by atomic mass is 10.3. The third kappa shape index (κ3) is 1.56. The van der Waals surface area contributed by atoms with Gasteiger partial charge in [-0.05, 0) is 0 Å². The van der Waals surface area contributed by atoms with E-state index < -0.39 is 0 Å². The zero-order chi connectivity index (χ0) is 8.97. The molecule has 0 spiro atoms. The van der Waals surface area contributed by atoms with Crippen LogP contribution in [-0.2, 0) is 13.0 Å². The van der Waals surface area contributed by atoms with E-state index in [4.69, 9.17) is 0 Å². The van der Waals surface area contributed by atoms with Crippen molar-refractivity contribution >= 4 is 0 Å². The van der Waals surface area contributed by atoms with Crippen molar-refractivity contribution in [2.75, 3.05) is 0 Å². The molecule has 0 radical (unpaired) electrons. The highest BCUT2D eigenvalue weighted by Crippen LogP contribution is 2.16. The first-order valence-electron chi connectivity index (χ1n) is 3.75. The van der Waals surface area contributed by atoms with Crippen LogP contribution in [0.15, 0.2) is 31.5 Å². The molecule has 0 bridgehead atoms. The van der Waals surface area contributed by atoms with Crippen molar-refractivity contribution < 1.29 is 5.11 Å². The van der Waals surface area contributed by atoms with Gasteiger partial charge in [-0.15, -0.1) is 13.2 Å². The quantitative estimate of drug-likeness (QED) is 0.685. The minimum atomic E-state index is 0.219. The number of nitrogens with zero attached hydrogens (tertiary/aromatic N) is 2. The van der Waals surface area contributed by atoms with E-state index in [2.05, 4.69) is 18.3 Å². The van der Waals surface area contributed by atoms with E-state index in [1.807, 2.05) is 0 Å². The Labute approximate surface area is 71.6 Å². The molecule has 0 unspecified atom stereocenters. The summed E-state index contributed by atoms with van der Waals surface area (Å²) in [5.74, 6) is 0.219. The molecular formula is C9H12N2O. The molecule has 1 heterocycles. The van der Waals surface area contributed by atoms with E-state index in [1.54, 1.807) is 16.8 Å². The summed E-state index contributed by atoms with van der Waals surface area (Å²) >= 11 is 0. The minimum absolute atomic E-state index is 0.219. The molecule has 1 aromatic rings. The van der Waals surface area contributed by atoms with Crippen LogP contribution >= 0.6 is 0 Å². The number of hydrogen-bond acceptors (Lipinski definition) is 2. The summed E-state index contributed by atoms with van der Waals surface area (Å²) in [4.78, 5) is 0. The predicted molar refractivity (Wildman–Crippen MR) is 48.0 cm³/mol. The van der Waals surface area contributed by atoms with Gasteiger partial charge in [0.05, 0.1) is 18.4 Å². The monoisotopic (exact) mass is 164 g/mol. The van der Waals surface area contributed by atoms with Crippen LogP contribution in [0.2, 0.25) is 0 Å². The molecule has 0 saturated carbocycles. The van der Waals surface area contributed by atoms with Crippen molar-refractivity contribution in [3.05, 3.63) is 37.2 Å². The predicted octanol–water partition coefficient (Wildman–Crippen LogP) is 1.50. The topological polar surface area (TPSA) is 38.1 Å². The van der Waals surface area contributed by atoms with Crippen LogP contribution in [0.25, 0.3) is 0 Å². The summed E-state index contributed by atoms with van der Waals surface area (Å²) in [7, 11) is 0. The van der Waals surface area contributed by atoms with Gasteiger partial charge >= 0.3 is 0 Å². The molecule has 0 atom stereocenters. The lowest BCUT2D eigenvalue weighted by Gasteiger charge is -2.01. The number of aromatic nitrogens is 2. The summed E-state index contributed by atoms with van der Waals surface area (Å²) in [6.07, 6.45) is 5.53. The Bertz CT molecular complexity index is 289. The Morgan fingerprint density at radius 3 is 2.83 bits per heavy atom. The summed E-state index contributed by atoms with van der Waals surface area (Å²) in [6.45, 7) is 7.81. The smallest absolute Gasteiger partial charge is 0.157 e. The Balaban J connectivity index is 2.94. The highest BCUT2D eigenvalue weighted by atomic mass is 16.3. The maximum absolute atomic E-state index is 9.32. The Morgan fingerprint density at radius 1 is 1.50 bits per heavy atom. The molecule has 0 fully saturated rings. The molecule has 1 N–H and O–H groups in total. The molecule has 12 heavy (non-hydrogen) atoms. The maximum Gasteiger partial charge on any atom is 0.157 e. The Morgan fingerprint density at radius 2 is 2.25 bits per heavy atom. The zero-order valence-electron chi connectivity index (χ0n) is 6.90. The van der Waals surface area contributed by atoms with Crippen LogP contribution in [0.3, 0.4) is 0 Å². The van der Waals surface area contributed by atoms with Gasteiger partial charge in [0, 0.05) is 6.42 Å². The van der Waals surface area contributed by atoms with Crippen LogP contribution in [0.4, 0.5) is 0 Å². The standard InChI is InChI=1S/C9H12N2O/c1-3-5-8-9(12)7-10-11(8)6-4-2/h3-4,7,12H,1-2,5-6H2. The fraction of sp³-hybridized carbons (Fsp3) is 0.222. The fourth-order valence-electron chi connectivity index (χ4n) is 1.03. The summed E-state index contributed by atoms with van der Waals surface area (Å²) in [5, 5.41) is 13.3. The average molecular weight is 164 g/mol. The van der Waals surface area contributed by atoms with Gasteiger partial charge in [0.15, 0.2) is 5.75 Å². The number of allylic oxidation sites excluding steroid dienone is 2. The highest BCUT2D eigenvalue weighted by Gasteiger charge is 2.05. The molecule has 0 saturated heterocycles. The highest BCUT2D eigenvalue weighted by molar-refractivity contribution is 5.25. The Kier molecular flexibility index (Phi) is 2.69. The lowest BCUT2D eigenvalue weighted by Crippen LogP contribution is -2.02. The van der Waals surface area contributed by atoms with Gasteiger partial charge in [0.2, 0.25) is 0 Å². The second kappa shape index (κ2) is 3.76. The summed E-state index contributed by atoms with van der Waals surface area (Å²) in [6, 6.07) is 0. The average Bonchev–Trinajstić information content (AvgIpc) is 2.37. The molecule has 1 rings (SSSR count). The molecule has 0 amide bonds. The minimum Gasteiger partial charge on any atom is -0.504 e. The third-order valence-corrected chi connectivity index (χ3v) is 1.57. The molecule has 0 aliphatic heterocycles. The SMILES string of the molecule is C=CCc1c(O)cnn1CC=C. The van der Waals surface area contributed by atoms with Crippen molar-refractivity contribution in [1.29, 1.82) is 0 Å². The summed E-state index contributed by atoms with van der Waals surface area (Å²) < 4.78 is 1.70. The van der Waals surface area contributed by atoms with Crippen molar-refractivity contribution in [3.63, 3.8) is 0 Å². The third-order valence-electron chi connectivity index (χ3n) is 1.57. The van der Waals surface area contributed by atoms with Crippen molar-refractivity contribution in [1.82, 2.24) is 9.78 Å². The van der Waals surface area contributed by atoms with E-state index in [0.29, 0.717) is 13.0 Å². The van der Waals surface area contributed by atoms with E-state index in [0.717, 1.165) is 5.69 Å². The molecular weight excluding hydrogens is 152 g/mol. The number of hydrogen-bond donors (Lipinski definition) is 1. The van der Waals surface area contributed by atoms with Gasteiger partial charge < -0.3 is 5.11 Å². The second-order valence-electron chi connectivity index (χ2n) is 2.44. The van der Waals surface area contributed by atoms with Gasteiger partial charge in [-0.2, -0.15) is 5.10 Å². The lowest BCUT2D eigenvalue weighted by molar-refractivity contribution is 0.467. The van der Waals surface area contributed by atoms with Crippen molar-refractivity contribution in [3.8, 4) is 5.75 Å². The van der Waals surface area contributed by atoms with Crippen LogP contribution in [0, 0.1) is 0 Å². The van der Waals surface area contributed by atoms with Crippen molar-refractivity contribution in [2.45, 2.75) is 13.0 Å². The van der Waals surface area contributed by atoms with E-state index in [9.17, 15) is 5.11 Å². The van der Waals surface area contributed by atoms with Crippen LogP contribution in [0.5, 0.6) is 5.75 Å². The molecule has 3 nitrogen and oxygen atoms in total. The largest absolute Gasteiger partial charge is 0.504 e. The second-order valence-corrected chi connectivity index (χ2v) is 2.44. The number of rotatable bonds is 4. The van der Waals surface area contributed by atoms with Crippen molar-refractivity contribution in [2.24, 2.45) is 0 Å². The van der Waals surface area contributed by atoms with E-state index in [-0.39, 0.29) is 5.75 Å².